The van der Waals surface area contributed by atoms with Crippen LogP contribution >= 0.6 is 0 Å². The summed E-state index contributed by atoms with van der Waals surface area (Å²) in [6.07, 6.45) is 12.7. The first-order valence-electron chi connectivity index (χ1n) is 11.5. The molecule has 4 aromatic rings. The number of aromatic nitrogens is 4. The van der Waals surface area contributed by atoms with Gasteiger partial charge in [-0.25, -0.2) is 4.98 Å². The Kier molecular flexibility index (Phi) is 5.90. The van der Waals surface area contributed by atoms with Crippen molar-refractivity contribution in [2.45, 2.75) is 52.1 Å². The first-order chi connectivity index (χ1) is 15.7. The number of nitrogens with zero attached hydrogens (tertiary/aromatic N) is 3. The third-order valence-corrected chi connectivity index (χ3v) is 6.43. The number of amides is 1. The van der Waals surface area contributed by atoms with Gasteiger partial charge in [-0.3, -0.25) is 9.89 Å². The second-order valence-corrected chi connectivity index (χ2v) is 9.00. The molecule has 7 heteroatoms. The molecule has 1 aliphatic rings. The van der Waals surface area contributed by atoms with Gasteiger partial charge in [-0.2, -0.15) is 5.10 Å². The number of carbonyl (C=O) groups excluding carboxylic acids is 1. The summed E-state index contributed by atoms with van der Waals surface area (Å²) in [7, 11) is 0. The Labute approximate surface area is 187 Å². The molecule has 5 rings (SSSR count). The van der Waals surface area contributed by atoms with Crippen LogP contribution in [0.2, 0.25) is 0 Å². The van der Waals surface area contributed by atoms with Gasteiger partial charge in [0.1, 0.15) is 5.65 Å². The van der Waals surface area contributed by atoms with Gasteiger partial charge in [0.2, 0.25) is 0 Å². The molecule has 1 aliphatic carbocycles. The molecule has 3 heterocycles. The van der Waals surface area contributed by atoms with Gasteiger partial charge in [-0.1, -0.05) is 25.3 Å². The van der Waals surface area contributed by atoms with Crippen LogP contribution in [-0.2, 0) is 13.1 Å². The summed E-state index contributed by atoms with van der Waals surface area (Å²) in [5.41, 5.74) is 5.48. The quantitative estimate of drug-likeness (QED) is 0.412. The van der Waals surface area contributed by atoms with E-state index in [0.29, 0.717) is 12.1 Å². The van der Waals surface area contributed by atoms with Crippen LogP contribution in [0.5, 0.6) is 0 Å². The maximum Gasteiger partial charge on any atom is 0.252 e. The lowest BCUT2D eigenvalue weighted by molar-refractivity contribution is 0.0952. The van der Waals surface area contributed by atoms with Gasteiger partial charge in [-0.05, 0) is 61.6 Å². The fraction of sp³-hybridized carbons (Fsp3) is 0.400. The average Bonchev–Trinajstić information content (AvgIpc) is 3.43. The molecule has 3 N–H and O–H groups in total. The zero-order chi connectivity index (χ0) is 21.9. The Hall–Kier alpha value is -3.19. The molecular weight excluding hydrogens is 400 g/mol. The van der Waals surface area contributed by atoms with Crippen LogP contribution in [0.1, 0.15) is 59.3 Å². The van der Waals surface area contributed by atoms with E-state index in [0.717, 1.165) is 46.8 Å². The minimum Gasteiger partial charge on any atom is -0.346 e. The number of benzene rings is 1. The second-order valence-electron chi connectivity index (χ2n) is 9.00. The zero-order valence-corrected chi connectivity index (χ0v) is 18.5. The highest BCUT2D eigenvalue weighted by atomic mass is 16.1. The third kappa shape index (κ3) is 4.53. The molecular formula is C25H30N6O. The summed E-state index contributed by atoms with van der Waals surface area (Å²) in [6, 6.07) is 8.05. The van der Waals surface area contributed by atoms with Crippen LogP contribution in [0.3, 0.4) is 0 Å². The topological polar surface area (TPSA) is 87.1 Å². The Bertz CT molecular complexity index is 1230. The maximum absolute atomic E-state index is 12.8. The molecule has 0 atom stereocenters. The van der Waals surface area contributed by atoms with E-state index in [1.165, 1.54) is 37.7 Å². The SMILES string of the molecule is Cc1cc(C(=O)NCc2cn3cc(CNCC4CCCCC4)ccc3n2)c2cn[nH]c2c1. The summed E-state index contributed by atoms with van der Waals surface area (Å²) in [5, 5.41) is 14.4. The molecule has 7 nitrogen and oxygen atoms in total. The maximum atomic E-state index is 12.8. The van der Waals surface area contributed by atoms with Crippen LogP contribution in [0.15, 0.2) is 42.9 Å². The highest BCUT2D eigenvalue weighted by Gasteiger charge is 2.14. The third-order valence-electron chi connectivity index (χ3n) is 6.43. The van der Waals surface area contributed by atoms with E-state index < -0.39 is 0 Å². The number of aromatic amines is 1. The van der Waals surface area contributed by atoms with Crippen molar-refractivity contribution in [3.05, 3.63) is 65.2 Å². The lowest BCUT2D eigenvalue weighted by Gasteiger charge is -2.21. The van der Waals surface area contributed by atoms with E-state index in [9.17, 15) is 4.79 Å². The van der Waals surface area contributed by atoms with Gasteiger partial charge in [-0.15, -0.1) is 0 Å². The van der Waals surface area contributed by atoms with E-state index in [4.69, 9.17) is 0 Å². The van der Waals surface area contributed by atoms with Crippen LogP contribution < -0.4 is 10.6 Å². The fourth-order valence-corrected chi connectivity index (χ4v) is 4.74. The molecule has 166 valence electrons. The van der Waals surface area contributed by atoms with Gasteiger partial charge in [0.05, 0.1) is 29.5 Å². The molecule has 0 spiro atoms. The van der Waals surface area contributed by atoms with Gasteiger partial charge in [0, 0.05) is 24.3 Å². The summed E-state index contributed by atoms with van der Waals surface area (Å²) >= 11 is 0. The van der Waals surface area contributed by atoms with Crippen LogP contribution in [0.25, 0.3) is 16.6 Å². The highest BCUT2D eigenvalue weighted by Crippen LogP contribution is 2.23. The highest BCUT2D eigenvalue weighted by molar-refractivity contribution is 6.06. The van der Waals surface area contributed by atoms with Crippen molar-refractivity contribution in [1.82, 2.24) is 30.2 Å². The number of nitrogens with one attached hydrogen (secondary N) is 3. The van der Waals surface area contributed by atoms with Gasteiger partial charge >= 0.3 is 0 Å². The van der Waals surface area contributed by atoms with E-state index in [2.05, 4.69) is 38.1 Å². The van der Waals surface area contributed by atoms with E-state index >= 15 is 0 Å². The number of H-pyrrole nitrogens is 1. The molecule has 32 heavy (non-hydrogen) atoms. The van der Waals surface area contributed by atoms with Crippen molar-refractivity contribution >= 4 is 22.5 Å². The Morgan fingerprint density at radius 1 is 1.16 bits per heavy atom. The van der Waals surface area contributed by atoms with Gasteiger partial charge in [0.25, 0.3) is 5.91 Å². The first-order valence-corrected chi connectivity index (χ1v) is 11.5. The van der Waals surface area contributed by atoms with Crippen molar-refractivity contribution in [2.24, 2.45) is 5.92 Å². The Morgan fingerprint density at radius 2 is 2.03 bits per heavy atom. The van der Waals surface area contributed by atoms with Crippen molar-refractivity contribution in [3.8, 4) is 0 Å². The van der Waals surface area contributed by atoms with Crippen molar-refractivity contribution < 1.29 is 4.79 Å². The largest absolute Gasteiger partial charge is 0.346 e. The molecule has 0 saturated heterocycles. The molecule has 0 unspecified atom stereocenters. The van der Waals surface area contributed by atoms with Crippen LogP contribution in [-0.4, -0.2) is 32.0 Å². The molecule has 0 bridgehead atoms. The number of pyridine rings is 1. The minimum atomic E-state index is -0.121. The monoisotopic (exact) mass is 430 g/mol. The average molecular weight is 431 g/mol. The number of fused-ring (bicyclic) bond motifs is 2. The minimum absolute atomic E-state index is 0.121. The van der Waals surface area contributed by atoms with Crippen molar-refractivity contribution in [1.29, 1.82) is 0 Å². The van der Waals surface area contributed by atoms with Gasteiger partial charge < -0.3 is 15.0 Å². The molecule has 3 aromatic heterocycles. The van der Waals surface area contributed by atoms with Crippen LogP contribution in [0, 0.1) is 12.8 Å². The normalized spacial score (nSPS) is 14.9. The Morgan fingerprint density at radius 3 is 2.91 bits per heavy atom. The second kappa shape index (κ2) is 9.12. The molecule has 1 amide bonds. The summed E-state index contributed by atoms with van der Waals surface area (Å²) in [5.74, 6) is 0.706. The fourth-order valence-electron chi connectivity index (χ4n) is 4.74. The molecule has 0 aliphatic heterocycles. The smallest absolute Gasteiger partial charge is 0.252 e. The first kappa shape index (κ1) is 20.7. The number of hydrogen-bond donors (Lipinski definition) is 3. The summed E-state index contributed by atoms with van der Waals surface area (Å²) < 4.78 is 2.04. The summed E-state index contributed by atoms with van der Waals surface area (Å²) in [6.45, 7) is 4.32. The molecule has 1 saturated carbocycles. The zero-order valence-electron chi connectivity index (χ0n) is 18.5. The van der Waals surface area contributed by atoms with Crippen molar-refractivity contribution in [2.75, 3.05) is 6.54 Å². The number of aryl methyl sites for hydroxylation is 1. The Balaban J connectivity index is 1.21. The van der Waals surface area contributed by atoms with E-state index in [-0.39, 0.29) is 5.91 Å². The molecule has 0 radical (unpaired) electrons. The lowest BCUT2D eigenvalue weighted by Crippen LogP contribution is -2.24. The number of imidazole rings is 1. The van der Waals surface area contributed by atoms with Crippen molar-refractivity contribution in [3.63, 3.8) is 0 Å². The van der Waals surface area contributed by atoms with E-state index in [1.54, 1.807) is 6.20 Å². The number of carbonyl (C=O) groups is 1. The van der Waals surface area contributed by atoms with Gasteiger partial charge in [0.15, 0.2) is 0 Å². The standard InChI is InChI=1S/C25H30N6O/c1-17-9-21(22-14-28-30-23(22)10-17)25(32)27-13-20-16-31-15-19(7-8-24(31)29-20)12-26-11-18-5-3-2-4-6-18/h7-10,14-16,18,26H,2-6,11-13H2,1H3,(H,27,32)(H,28,30). The molecule has 1 aromatic carbocycles. The molecule has 1 fully saturated rings. The summed E-state index contributed by atoms with van der Waals surface area (Å²) in [4.78, 5) is 17.5. The predicted octanol–water partition coefficient (Wildman–Crippen LogP) is 4.12. The van der Waals surface area contributed by atoms with E-state index in [1.807, 2.05) is 35.7 Å². The van der Waals surface area contributed by atoms with Crippen LogP contribution in [0.4, 0.5) is 0 Å². The predicted molar refractivity (Wildman–Crippen MR) is 125 cm³/mol. The number of hydrogen-bond acceptors (Lipinski definition) is 4. The lowest BCUT2D eigenvalue weighted by atomic mass is 9.89. The number of rotatable bonds is 7.